The lowest BCUT2D eigenvalue weighted by atomic mass is 10.0. The minimum Gasteiger partial charge on any atom is -0.309 e. The average molecular weight is 826 g/mol. The molecule has 0 amide bonds. The minimum absolute atomic E-state index is 0.322. The summed E-state index contributed by atoms with van der Waals surface area (Å²) >= 11 is 0. The number of benzene rings is 10. The van der Waals surface area contributed by atoms with Gasteiger partial charge in [-0.15, -0.1) is 0 Å². The van der Waals surface area contributed by atoms with Gasteiger partial charge in [0.05, 0.1) is 55.6 Å². The van der Waals surface area contributed by atoms with Gasteiger partial charge in [0, 0.05) is 38.0 Å². The molecule has 3 heterocycles. The van der Waals surface area contributed by atoms with Crippen molar-refractivity contribution in [1.82, 2.24) is 13.7 Å². The van der Waals surface area contributed by atoms with Crippen LogP contribution >= 0.6 is 0 Å². The fraction of sp³-hybridized carbons (Fsp3) is 0. The molecule has 0 aliphatic rings. The molecule has 13 aromatic rings. The van der Waals surface area contributed by atoms with Gasteiger partial charge in [0.1, 0.15) is 12.1 Å². The third-order valence-corrected chi connectivity index (χ3v) is 13.3. The fourth-order valence-electron chi connectivity index (χ4n) is 10.4. The first-order valence-corrected chi connectivity index (χ1v) is 21.8. The molecule has 0 unspecified atom stereocenters. The molecule has 0 aliphatic heterocycles. The first-order chi connectivity index (χ1) is 32.2. The lowest BCUT2D eigenvalue weighted by molar-refractivity contribution is 1.09. The van der Waals surface area contributed by atoms with Crippen LogP contribution in [-0.2, 0) is 0 Å². The van der Waals surface area contributed by atoms with Gasteiger partial charge in [0.15, 0.2) is 0 Å². The number of fused-ring (bicyclic) bond motifs is 11. The Morgan fingerprint density at radius 3 is 1.31 bits per heavy atom. The molecule has 5 heteroatoms. The summed E-state index contributed by atoms with van der Waals surface area (Å²) in [6.07, 6.45) is 0. The fourth-order valence-corrected chi connectivity index (χ4v) is 10.4. The Hall–Kier alpha value is -9.16. The van der Waals surface area contributed by atoms with Crippen LogP contribution in [0, 0.1) is 22.7 Å². The summed E-state index contributed by atoms with van der Waals surface area (Å²) in [7, 11) is 0. The number of para-hydroxylation sites is 2. The van der Waals surface area contributed by atoms with Crippen LogP contribution in [0.25, 0.3) is 116 Å². The quantitative estimate of drug-likeness (QED) is 0.173. The maximum Gasteiger partial charge on any atom is 0.101 e. The average Bonchev–Trinajstić information content (AvgIpc) is 4.01. The molecule has 65 heavy (non-hydrogen) atoms. The van der Waals surface area contributed by atoms with Crippen LogP contribution in [0.1, 0.15) is 11.1 Å². The Bertz CT molecular complexity index is 4040. The van der Waals surface area contributed by atoms with Gasteiger partial charge in [-0.3, -0.25) is 0 Å². The maximum atomic E-state index is 10.7. The zero-order valence-corrected chi connectivity index (χ0v) is 34.9. The predicted octanol–water partition coefficient (Wildman–Crippen LogP) is 15.2. The number of nitrogens with zero attached hydrogens (tertiary/aromatic N) is 5. The van der Waals surface area contributed by atoms with Gasteiger partial charge in [-0.1, -0.05) is 140 Å². The monoisotopic (exact) mass is 825 g/mol. The molecule has 0 fully saturated rings. The molecule has 300 valence electrons. The number of hydrogen-bond acceptors (Lipinski definition) is 2. The van der Waals surface area contributed by atoms with Crippen molar-refractivity contribution in [1.29, 1.82) is 10.5 Å². The summed E-state index contributed by atoms with van der Waals surface area (Å²) in [6.45, 7) is 0. The van der Waals surface area contributed by atoms with Crippen molar-refractivity contribution >= 4 is 76.2 Å². The summed E-state index contributed by atoms with van der Waals surface area (Å²) < 4.78 is 6.96. The first kappa shape index (κ1) is 36.5. The summed E-state index contributed by atoms with van der Waals surface area (Å²) in [5.41, 5.74) is 14.1. The summed E-state index contributed by atoms with van der Waals surface area (Å²) in [5, 5.41) is 30.4. The van der Waals surface area contributed by atoms with Crippen LogP contribution in [-0.4, -0.2) is 13.7 Å². The third-order valence-electron chi connectivity index (χ3n) is 13.3. The molecular weight excluding hydrogens is 791 g/mol. The maximum absolute atomic E-state index is 10.7. The van der Waals surface area contributed by atoms with Gasteiger partial charge in [0.2, 0.25) is 0 Å². The van der Waals surface area contributed by atoms with E-state index in [1.807, 2.05) is 24.3 Å². The van der Waals surface area contributed by atoms with Gasteiger partial charge in [-0.25, -0.2) is 0 Å². The summed E-state index contributed by atoms with van der Waals surface area (Å²) in [5.74, 6) is 0. The normalized spacial score (nSPS) is 11.7. The van der Waals surface area contributed by atoms with Crippen molar-refractivity contribution in [3.8, 4) is 51.5 Å². The predicted molar refractivity (Wildman–Crippen MR) is 267 cm³/mol. The molecule has 0 saturated heterocycles. The Kier molecular flexibility index (Phi) is 7.97. The lowest BCUT2D eigenvalue weighted by Gasteiger charge is -2.18. The lowest BCUT2D eigenvalue weighted by Crippen LogP contribution is -2.06. The number of hydrogen-bond donors (Lipinski definition) is 0. The van der Waals surface area contributed by atoms with Crippen LogP contribution in [0.5, 0.6) is 0 Å². The number of nitriles is 2. The third kappa shape index (κ3) is 5.44. The minimum atomic E-state index is 0.322. The Morgan fingerprint density at radius 2 is 0.738 bits per heavy atom. The van der Waals surface area contributed by atoms with Gasteiger partial charge in [-0.2, -0.15) is 10.5 Å². The highest BCUT2D eigenvalue weighted by molar-refractivity contribution is 6.22. The molecule has 3 aromatic heterocycles. The van der Waals surface area contributed by atoms with Crippen LogP contribution < -0.4 is 0 Å². The molecule has 0 radical (unpaired) electrons. The van der Waals surface area contributed by atoms with E-state index in [1.165, 1.54) is 10.8 Å². The molecule has 0 spiro atoms. The van der Waals surface area contributed by atoms with Crippen molar-refractivity contribution in [3.05, 3.63) is 223 Å². The molecular formula is C60H35N5. The molecule has 13 rings (SSSR count). The molecule has 0 N–H and O–H groups in total. The smallest absolute Gasteiger partial charge is 0.101 e. The Labute approximate surface area is 373 Å². The van der Waals surface area contributed by atoms with E-state index < -0.39 is 0 Å². The second-order valence-electron chi connectivity index (χ2n) is 16.7. The second-order valence-corrected chi connectivity index (χ2v) is 16.7. The SMILES string of the molecule is N#Cc1cc(-n2c3ccc(-c4ccccc4)cc3c3cc(-c4ccccc4)ccc32)c(-n2c3ccc(-n4c5ccccc5c5ccccc54)cc3c3c4ccccc4ccc32)cc1C#N. The van der Waals surface area contributed by atoms with Crippen molar-refractivity contribution < 1.29 is 0 Å². The molecule has 10 aromatic carbocycles. The van der Waals surface area contributed by atoms with E-state index in [-0.39, 0.29) is 0 Å². The van der Waals surface area contributed by atoms with Crippen molar-refractivity contribution in [2.45, 2.75) is 0 Å². The highest BCUT2D eigenvalue weighted by Gasteiger charge is 2.24. The molecule has 0 atom stereocenters. The van der Waals surface area contributed by atoms with Gasteiger partial charge in [-0.05, 0) is 106 Å². The molecule has 0 aliphatic carbocycles. The number of aromatic nitrogens is 3. The first-order valence-electron chi connectivity index (χ1n) is 21.8. The summed E-state index contributed by atoms with van der Waals surface area (Å²) in [4.78, 5) is 0. The van der Waals surface area contributed by atoms with Gasteiger partial charge >= 0.3 is 0 Å². The second kappa shape index (κ2) is 14.2. The van der Waals surface area contributed by atoms with Crippen molar-refractivity contribution in [2.24, 2.45) is 0 Å². The van der Waals surface area contributed by atoms with Crippen LogP contribution in [0.15, 0.2) is 212 Å². The van der Waals surface area contributed by atoms with E-state index in [4.69, 9.17) is 0 Å². The van der Waals surface area contributed by atoms with Crippen LogP contribution in [0.2, 0.25) is 0 Å². The highest BCUT2D eigenvalue weighted by atomic mass is 15.1. The van der Waals surface area contributed by atoms with E-state index in [0.717, 1.165) is 105 Å². The molecule has 0 bridgehead atoms. The van der Waals surface area contributed by atoms with E-state index in [1.54, 1.807) is 0 Å². The summed E-state index contributed by atoms with van der Waals surface area (Å²) in [6, 6.07) is 79.8. The van der Waals surface area contributed by atoms with Gasteiger partial charge in [0.25, 0.3) is 0 Å². The van der Waals surface area contributed by atoms with Gasteiger partial charge < -0.3 is 13.7 Å². The Morgan fingerprint density at radius 1 is 0.292 bits per heavy atom. The molecule has 5 nitrogen and oxygen atoms in total. The zero-order valence-electron chi connectivity index (χ0n) is 34.9. The standard InChI is InChI=1S/C60H35N5/c61-36-43-33-58(64-54-27-24-41(38-13-3-1-4-14-38)31-49(54)50-32-42(25-28-55(50)64)39-15-5-2-6-16-39)59(34-44(43)37-62)65-56-30-26-45(35-51(56)60-46-18-8-7-17-40(46)23-29-57(60)65)63-52-21-11-9-19-47(52)48-20-10-12-22-53(48)63/h1-35H. The topological polar surface area (TPSA) is 62.4 Å². The molecule has 0 saturated carbocycles. The van der Waals surface area contributed by atoms with E-state index in [2.05, 4.69) is 214 Å². The van der Waals surface area contributed by atoms with Crippen molar-refractivity contribution in [2.75, 3.05) is 0 Å². The zero-order chi connectivity index (χ0) is 43.2. The van der Waals surface area contributed by atoms with E-state index in [9.17, 15) is 10.5 Å². The van der Waals surface area contributed by atoms with Crippen LogP contribution in [0.3, 0.4) is 0 Å². The van der Waals surface area contributed by atoms with Crippen LogP contribution in [0.4, 0.5) is 0 Å². The van der Waals surface area contributed by atoms with E-state index >= 15 is 0 Å². The van der Waals surface area contributed by atoms with E-state index in [0.29, 0.717) is 11.1 Å². The largest absolute Gasteiger partial charge is 0.309 e. The number of rotatable bonds is 5. The van der Waals surface area contributed by atoms with Crippen molar-refractivity contribution in [3.63, 3.8) is 0 Å². The Balaban J connectivity index is 1.15. The highest BCUT2D eigenvalue weighted by Crippen LogP contribution is 2.44.